The Bertz CT molecular complexity index is 639. The summed E-state index contributed by atoms with van der Waals surface area (Å²) < 4.78 is 3.48. The molecule has 0 atom stereocenters. The van der Waals surface area contributed by atoms with Crippen LogP contribution in [0, 0.1) is 10.1 Å². The van der Waals surface area contributed by atoms with Crippen molar-refractivity contribution in [3.63, 3.8) is 0 Å². The molecule has 0 aliphatic heterocycles. The van der Waals surface area contributed by atoms with E-state index in [0.29, 0.717) is 11.0 Å². The van der Waals surface area contributed by atoms with E-state index >= 15 is 0 Å². The van der Waals surface area contributed by atoms with Gasteiger partial charge >= 0.3 is 5.82 Å². The van der Waals surface area contributed by atoms with Crippen LogP contribution in [0.3, 0.4) is 0 Å². The van der Waals surface area contributed by atoms with Gasteiger partial charge in [-0.25, -0.2) is 0 Å². The minimum Gasteiger partial charge on any atom is -0.358 e. The molecule has 0 spiro atoms. The Morgan fingerprint density at radius 3 is 2.86 bits per heavy atom. The molecule has 0 aliphatic carbocycles. The summed E-state index contributed by atoms with van der Waals surface area (Å²) in [5.74, 6) is -0.366. The lowest BCUT2D eigenvalue weighted by Gasteiger charge is -2.04. The maximum absolute atomic E-state index is 11.7. The first-order chi connectivity index (χ1) is 10.6. The van der Waals surface area contributed by atoms with Crippen molar-refractivity contribution in [3.05, 3.63) is 39.2 Å². The topological polar surface area (TPSA) is 108 Å². The summed E-state index contributed by atoms with van der Waals surface area (Å²) in [6.45, 7) is 1.59. The van der Waals surface area contributed by atoms with Crippen LogP contribution in [0.4, 0.5) is 5.82 Å². The standard InChI is InChI=1S/C12H15BrN6O3/c13-10-9-18(16-12(10)19(21)22)8-3-11(20)14-4-1-6-17-7-2-5-15-17/h2,5,7,9H,1,3-4,6,8H2,(H,14,20). The predicted molar refractivity (Wildman–Crippen MR) is 81.1 cm³/mol. The fourth-order valence-electron chi connectivity index (χ4n) is 1.83. The van der Waals surface area contributed by atoms with E-state index in [-0.39, 0.29) is 24.7 Å². The molecule has 0 saturated heterocycles. The largest absolute Gasteiger partial charge is 0.404 e. The molecule has 9 nitrogen and oxygen atoms in total. The fourth-order valence-corrected chi connectivity index (χ4v) is 2.29. The number of aromatic nitrogens is 4. The Morgan fingerprint density at radius 2 is 2.23 bits per heavy atom. The third-order valence-electron chi connectivity index (χ3n) is 2.89. The Balaban J connectivity index is 1.67. The van der Waals surface area contributed by atoms with Gasteiger partial charge < -0.3 is 15.4 Å². The maximum atomic E-state index is 11.7. The van der Waals surface area contributed by atoms with Crippen molar-refractivity contribution in [2.75, 3.05) is 6.54 Å². The molecule has 0 saturated carbocycles. The molecule has 0 aliphatic rings. The number of halogens is 1. The van der Waals surface area contributed by atoms with E-state index in [2.05, 4.69) is 31.4 Å². The summed E-state index contributed by atoms with van der Waals surface area (Å²) in [5.41, 5.74) is 0. The predicted octanol–water partition coefficient (Wildman–Crippen LogP) is 1.35. The van der Waals surface area contributed by atoms with Gasteiger partial charge in [-0.05, 0) is 33.3 Å². The van der Waals surface area contributed by atoms with E-state index in [0.717, 1.165) is 13.0 Å². The first kappa shape index (κ1) is 16.1. The number of nitrogens with zero attached hydrogens (tertiary/aromatic N) is 5. The highest BCUT2D eigenvalue weighted by Gasteiger charge is 2.18. The third kappa shape index (κ3) is 4.65. The highest BCUT2D eigenvalue weighted by molar-refractivity contribution is 9.10. The third-order valence-corrected chi connectivity index (χ3v) is 3.44. The van der Waals surface area contributed by atoms with Gasteiger partial charge in [0.05, 0.1) is 17.8 Å². The molecule has 10 heteroatoms. The average Bonchev–Trinajstić information content (AvgIpc) is 3.10. The van der Waals surface area contributed by atoms with Gasteiger partial charge in [0, 0.05) is 31.9 Å². The summed E-state index contributed by atoms with van der Waals surface area (Å²) in [5, 5.41) is 21.3. The van der Waals surface area contributed by atoms with Crippen LogP contribution >= 0.6 is 15.9 Å². The Kier molecular flexibility index (Phi) is 5.64. The number of aryl methyl sites for hydroxylation is 2. The molecule has 1 amide bonds. The molecule has 118 valence electrons. The molecule has 2 heterocycles. The molecule has 0 radical (unpaired) electrons. The number of nitro groups is 1. The molecule has 2 rings (SSSR count). The van der Waals surface area contributed by atoms with E-state index < -0.39 is 4.92 Å². The molecule has 0 bridgehead atoms. The van der Waals surface area contributed by atoms with Crippen LogP contribution in [0.1, 0.15) is 12.8 Å². The van der Waals surface area contributed by atoms with E-state index in [1.807, 2.05) is 12.3 Å². The Hall–Kier alpha value is -2.23. The number of carbonyl (C=O) groups is 1. The molecule has 2 aromatic rings. The van der Waals surface area contributed by atoms with Crippen molar-refractivity contribution in [2.45, 2.75) is 25.9 Å². The summed E-state index contributed by atoms with van der Waals surface area (Å²) >= 11 is 3.06. The summed E-state index contributed by atoms with van der Waals surface area (Å²) in [4.78, 5) is 21.8. The van der Waals surface area contributed by atoms with Gasteiger partial charge in [-0.3, -0.25) is 9.48 Å². The molecule has 22 heavy (non-hydrogen) atoms. The van der Waals surface area contributed by atoms with Crippen molar-refractivity contribution in [3.8, 4) is 0 Å². The fraction of sp³-hybridized carbons (Fsp3) is 0.417. The number of nitrogens with one attached hydrogen (secondary N) is 1. The smallest absolute Gasteiger partial charge is 0.358 e. The molecule has 1 N–H and O–H groups in total. The average molecular weight is 371 g/mol. The Labute approximate surface area is 134 Å². The van der Waals surface area contributed by atoms with Gasteiger partial charge in [0.15, 0.2) is 0 Å². The monoisotopic (exact) mass is 370 g/mol. The zero-order chi connectivity index (χ0) is 15.9. The number of hydrogen-bond acceptors (Lipinski definition) is 5. The lowest BCUT2D eigenvalue weighted by atomic mass is 10.3. The second kappa shape index (κ2) is 7.69. The summed E-state index contributed by atoms with van der Waals surface area (Å²) in [6, 6.07) is 1.85. The van der Waals surface area contributed by atoms with Crippen molar-refractivity contribution in [1.29, 1.82) is 0 Å². The van der Waals surface area contributed by atoms with Crippen molar-refractivity contribution >= 4 is 27.7 Å². The van der Waals surface area contributed by atoms with Gasteiger partial charge in [0.2, 0.25) is 5.91 Å². The second-order valence-corrected chi connectivity index (χ2v) is 5.40. The molecule has 0 fully saturated rings. The number of carbonyl (C=O) groups excluding carboxylic acids is 1. The highest BCUT2D eigenvalue weighted by atomic mass is 79.9. The summed E-state index contributed by atoms with van der Waals surface area (Å²) in [7, 11) is 0. The van der Waals surface area contributed by atoms with Crippen molar-refractivity contribution in [1.82, 2.24) is 24.9 Å². The first-order valence-electron chi connectivity index (χ1n) is 6.67. The lowest BCUT2D eigenvalue weighted by molar-refractivity contribution is -0.390. The normalized spacial score (nSPS) is 10.6. The van der Waals surface area contributed by atoms with Gasteiger partial charge in [-0.15, -0.1) is 0 Å². The van der Waals surface area contributed by atoms with Crippen LogP contribution in [0.2, 0.25) is 0 Å². The van der Waals surface area contributed by atoms with Gasteiger partial charge in [0.1, 0.15) is 4.47 Å². The Morgan fingerprint density at radius 1 is 1.41 bits per heavy atom. The first-order valence-corrected chi connectivity index (χ1v) is 7.47. The van der Waals surface area contributed by atoms with E-state index in [1.54, 1.807) is 10.9 Å². The summed E-state index contributed by atoms with van der Waals surface area (Å²) in [6.07, 6.45) is 6.06. The molecule has 2 aromatic heterocycles. The second-order valence-electron chi connectivity index (χ2n) is 4.54. The lowest BCUT2D eigenvalue weighted by Crippen LogP contribution is -2.26. The van der Waals surface area contributed by atoms with Crippen LogP contribution in [0.15, 0.2) is 29.1 Å². The number of amides is 1. The zero-order valence-corrected chi connectivity index (χ0v) is 13.3. The minimum absolute atomic E-state index is 0.116. The van der Waals surface area contributed by atoms with Gasteiger partial charge in [-0.2, -0.15) is 9.78 Å². The quantitative estimate of drug-likeness (QED) is 0.428. The van der Waals surface area contributed by atoms with E-state index in [9.17, 15) is 14.9 Å². The zero-order valence-electron chi connectivity index (χ0n) is 11.7. The SMILES string of the molecule is O=C(CCn1cc(Br)c([N+](=O)[O-])n1)NCCCn1cccn1. The van der Waals surface area contributed by atoms with Gasteiger partial charge in [0.25, 0.3) is 0 Å². The van der Waals surface area contributed by atoms with Gasteiger partial charge in [-0.1, -0.05) is 0 Å². The molecule has 0 aromatic carbocycles. The molecular formula is C12H15BrN6O3. The van der Waals surface area contributed by atoms with E-state index in [4.69, 9.17) is 0 Å². The van der Waals surface area contributed by atoms with E-state index in [1.165, 1.54) is 10.9 Å². The van der Waals surface area contributed by atoms with Crippen LogP contribution < -0.4 is 5.32 Å². The number of hydrogen-bond donors (Lipinski definition) is 1. The van der Waals surface area contributed by atoms with Crippen LogP contribution in [-0.4, -0.2) is 36.9 Å². The highest BCUT2D eigenvalue weighted by Crippen LogP contribution is 2.21. The molecule has 0 unspecified atom stereocenters. The van der Waals surface area contributed by atoms with Crippen molar-refractivity contribution < 1.29 is 9.72 Å². The minimum atomic E-state index is -0.573. The van der Waals surface area contributed by atoms with Crippen molar-refractivity contribution in [2.24, 2.45) is 0 Å². The van der Waals surface area contributed by atoms with Crippen LogP contribution in [0.5, 0.6) is 0 Å². The maximum Gasteiger partial charge on any atom is 0.404 e. The van der Waals surface area contributed by atoms with Crippen LogP contribution in [-0.2, 0) is 17.9 Å². The van der Waals surface area contributed by atoms with Crippen LogP contribution in [0.25, 0.3) is 0 Å². The molecular weight excluding hydrogens is 356 g/mol. The number of rotatable bonds is 8.